The van der Waals surface area contributed by atoms with Crippen LogP contribution in [0.2, 0.25) is 0 Å². The Kier molecular flexibility index (Phi) is 4.74. The maximum Gasteiger partial charge on any atom is 0.416 e. The molecular weight excluding hydrogens is 411 g/mol. The van der Waals surface area contributed by atoms with Crippen LogP contribution >= 0.6 is 0 Å². The molecule has 31 heavy (non-hydrogen) atoms. The van der Waals surface area contributed by atoms with Crippen LogP contribution in [-0.4, -0.2) is 25.8 Å². The first-order valence-electron chi connectivity index (χ1n) is 9.03. The predicted octanol–water partition coefficient (Wildman–Crippen LogP) is 4.27. The van der Waals surface area contributed by atoms with Gasteiger partial charge in [0.1, 0.15) is 12.4 Å². The monoisotopic (exact) mass is 425 g/mol. The largest absolute Gasteiger partial charge is 0.478 e. The summed E-state index contributed by atoms with van der Waals surface area (Å²) in [6.07, 6.45) is -3.34. The van der Waals surface area contributed by atoms with Crippen LogP contribution in [0.3, 0.4) is 0 Å². The maximum absolute atomic E-state index is 13.2. The second kappa shape index (κ2) is 7.28. The molecule has 0 amide bonds. The fourth-order valence-corrected chi connectivity index (χ4v) is 3.63. The van der Waals surface area contributed by atoms with Crippen LogP contribution in [0, 0.1) is 11.3 Å². The van der Waals surface area contributed by atoms with E-state index >= 15 is 0 Å². The molecule has 1 aromatic heterocycles. The van der Waals surface area contributed by atoms with Crippen molar-refractivity contribution in [2.45, 2.75) is 19.1 Å². The number of halogens is 3. The van der Waals surface area contributed by atoms with Crippen LogP contribution in [0.15, 0.2) is 66.1 Å². The summed E-state index contributed by atoms with van der Waals surface area (Å²) >= 11 is 0. The number of alkyl halides is 3. The van der Waals surface area contributed by atoms with E-state index in [9.17, 15) is 23.1 Å². The van der Waals surface area contributed by atoms with E-state index in [0.29, 0.717) is 11.1 Å². The smallest absolute Gasteiger partial charge is 0.416 e. The zero-order valence-corrected chi connectivity index (χ0v) is 16.0. The third-order valence-corrected chi connectivity index (χ3v) is 5.01. The number of carboxylic acid groups (broad SMARTS) is 1. The molecular formula is C21H14F3N5O2. The molecule has 7 nitrogen and oxygen atoms in total. The van der Waals surface area contributed by atoms with E-state index in [1.54, 1.807) is 24.3 Å². The third kappa shape index (κ3) is 3.40. The van der Waals surface area contributed by atoms with Gasteiger partial charge in [-0.05, 0) is 42.8 Å². The van der Waals surface area contributed by atoms with E-state index in [1.165, 1.54) is 35.0 Å². The van der Waals surface area contributed by atoms with Gasteiger partial charge in [-0.3, -0.25) is 4.90 Å². The van der Waals surface area contributed by atoms with Gasteiger partial charge in [0, 0.05) is 11.4 Å². The van der Waals surface area contributed by atoms with Gasteiger partial charge in [0.25, 0.3) is 0 Å². The molecule has 0 saturated heterocycles. The number of anilines is 2. The molecule has 2 heterocycles. The summed E-state index contributed by atoms with van der Waals surface area (Å²) in [5.74, 6) is -1.07. The summed E-state index contributed by atoms with van der Waals surface area (Å²) in [4.78, 5) is 17.7. The van der Waals surface area contributed by atoms with Crippen molar-refractivity contribution in [3.63, 3.8) is 0 Å². The zero-order chi connectivity index (χ0) is 22.3. The van der Waals surface area contributed by atoms with Crippen molar-refractivity contribution in [1.29, 1.82) is 5.26 Å². The lowest BCUT2D eigenvalue weighted by Crippen LogP contribution is -2.34. The summed E-state index contributed by atoms with van der Waals surface area (Å²) in [7, 11) is 0. The third-order valence-electron chi connectivity index (χ3n) is 5.01. The van der Waals surface area contributed by atoms with E-state index in [4.69, 9.17) is 5.26 Å². The fourth-order valence-electron chi connectivity index (χ4n) is 3.63. The van der Waals surface area contributed by atoms with E-state index in [-0.39, 0.29) is 22.9 Å². The Morgan fingerprint density at radius 1 is 1.19 bits per heavy atom. The quantitative estimate of drug-likeness (QED) is 0.674. The van der Waals surface area contributed by atoms with Crippen LogP contribution in [0.25, 0.3) is 0 Å². The zero-order valence-electron chi connectivity index (χ0n) is 16.0. The average Bonchev–Trinajstić information content (AvgIpc) is 3.21. The minimum absolute atomic E-state index is 0.0693. The molecule has 0 bridgehead atoms. The number of nitriles is 1. The number of hydrogen-bond donors (Lipinski definition) is 1. The Hall–Kier alpha value is -4.13. The van der Waals surface area contributed by atoms with Gasteiger partial charge in [0.05, 0.1) is 22.8 Å². The minimum atomic E-state index is -4.56. The molecule has 156 valence electrons. The number of allylic oxidation sites excluding steroid dienone is 1. The number of benzene rings is 2. The summed E-state index contributed by atoms with van der Waals surface area (Å²) in [5.41, 5.74) is 0.336. The van der Waals surface area contributed by atoms with E-state index < -0.39 is 23.8 Å². The van der Waals surface area contributed by atoms with Crippen molar-refractivity contribution in [1.82, 2.24) is 14.8 Å². The van der Waals surface area contributed by atoms with Crippen molar-refractivity contribution in [2.24, 2.45) is 0 Å². The maximum atomic E-state index is 13.2. The number of carboxylic acids is 1. The van der Waals surface area contributed by atoms with Gasteiger partial charge in [0.2, 0.25) is 5.95 Å². The van der Waals surface area contributed by atoms with Gasteiger partial charge < -0.3 is 5.11 Å². The normalized spacial score (nSPS) is 16.1. The number of carbonyl (C=O) groups is 1. The molecule has 0 fully saturated rings. The molecule has 1 N–H and O–H groups in total. The summed E-state index contributed by atoms with van der Waals surface area (Å²) in [5, 5.41) is 23.1. The van der Waals surface area contributed by atoms with Crippen molar-refractivity contribution in [2.75, 3.05) is 4.90 Å². The van der Waals surface area contributed by atoms with Crippen molar-refractivity contribution in [3.8, 4) is 6.07 Å². The highest BCUT2D eigenvalue weighted by atomic mass is 19.4. The van der Waals surface area contributed by atoms with Crippen LogP contribution in [0.5, 0.6) is 0 Å². The van der Waals surface area contributed by atoms with Gasteiger partial charge in [0.15, 0.2) is 0 Å². The molecule has 4 rings (SSSR count). The second-order valence-electron chi connectivity index (χ2n) is 6.83. The van der Waals surface area contributed by atoms with Crippen LogP contribution in [-0.2, 0) is 11.0 Å². The molecule has 0 spiro atoms. The topological polar surface area (TPSA) is 95.0 Å². The van der Waals surface area contributed by atoms with E-state index in [0.717, 1.165) is 12.1 Å². The molecule has 0 radical (unpaired) electrons. The number of aliphatic carboxylic acids is 1. The molecule has 2 aromatic carbocycles. The molecule has 0 saturated carbocycles. The summed E-state index contributed by atoms with van der Waals surface area (Å²) in [6.45, 7) is 1.51. The van der Waals surface area contributed by atoms with E-state index in [2.05, 4.69) is 10.1 Å². The van der Waals surface area contributed by atoms with Gasteiger partial charge >= 0.3 is 12.1 Å². The van der Waals surface area contributed by atoms with Crippen LogP contribution in [0.4, 0.5) is 24.8 Å². The Morgan fingerprint density at radius 2 is 1.90 bits per heavy atom. The standard InChI is InChI=1S/C21H14F3N5O2/c1-12-17(19(30)31)18(14-7-5-13(10-25)6-8-14)29-20(26-11-27-29)28(12)16-4-2-3-15(9-16)21(22,23)24/h2-9,11,18H,1H3,(H,30,31). The highest BCUT2D eigenvalue weighted by molar-refractivity contribution is 5.92. The first-order valence-corrected chi connectivity index (χ1v) is 9.03. The van der Waals surface area contributed by atoms with Crippen molar-refractivity contribution >= 4 is 17.6 Å². The van der Waals surface area contributed by atoms with E-state index in [1.807, 2.05) is 6.07 Å². The number of rotatable bonds is 3. The highest BCUT2D eigenvalue weighted by Crippen LogP contribution is 2.42. The molecule has 0 aliphatic carbocycles. The molecule has 10 heteroatoms. The first-order chi connectivity index (χ1) is 14.7. The molecule has 1 aliphatic rings. The molecule has 3 aromatic rings. The lowest BCUT2D eigenvalue weighted by molar-refractivity contribution is -0.137. The molecule has 1 aliphatic heterocycles. The van der Waals surface area contributed by atoms with Crippen LogP contribution in [0.1, 0.15) is 29.7 Å². The highest BCUT2D eigenvalue weighted by Gasteiger charge is 2.38. The van der Waals surface area contributed by atoms with Gasteiger partial charge in [-0.15, -0.1) is 0 Å². The number of nitrogens with zero attached hydrogens (tertiary/aromatic N) is 5. The summed E-state index contributed by atoms with van der Waals surface area (Å²) in [6, 6.07) is 12.0. The average molecular weight is 425 g/mol. The fraction of sp³-hybridized carbons (Fsp3) is 0.143. The number of hydrogen-bond acceptors (Lipinski definition) is 5. The van der Waals surface area contributed by atoms with Gasteiger partial charge in [-0.2, -0.15) is 28.5 Å². The minimum Gasteiger partial charge on any atom is -0.478 e. The number of fused-ring (bicyclic) bond motifs is 1. The summed E-state index contributed by atoms with van der Waals surface area (Å²) < 4.78 is 41.1. The molecule has 1 unspecified atom stereocenters. The predicted molar refractivity (Wildman–Crippen MR) is 103 cm³/mol. The Bertz CT molecular complexity index is 1240. The lowest BCUT2D eigenvalue weighted by atomic mass is 9.94. The lowest BCUT2D eigenvalue weighted by Gasteiger charge is -2.35. The van der Waals surface area contributed by atoms with Gasteiger partial charge in [-0.25, -0.2) is 9.48 Å². The Labute approximate surface area is 174 Å². The number of aromatic nitrogens is 3. The van der Waals surface area contributed by atoms with Gasteiger partial charge in [-0.1, -0.05) is 18.2 Å². The van der Waals surface area contributed by atoms with Crippen LogP contribution < -0.4 is 4.90 Å². The first kappa shape index (κ1) is 20.2. The second-order valence-corrected chi connectivity index (χ2v) is 6.83. The molecule has 1 atom stereocenters. The van der Waals surface area contributed by atoms with Crippen molar-refractivity contribution in [3.05, 3.63) is 82.8 Å². The SMILES string of the molecule is CC1=C(C(=O)O)C(c2ccc(C#N)cc2)n2ncnc2N1c1cccc(C(F)(F)F)c1. The Morgan fingerprint density at radius 3 is 2.52 bits per heavy atom. The Balaban J connectivity index is 1.92. The van der Waals surface area contributed by atoms with Crippen molar-refractivity contribution < 1.29 is 23.1 Å².